The summed E-state index contributed by atoms with van der Waals surface area (Å²) in [6.45, 7) is 0. The molecule has 0 heterocycles. The second kappa shape index (κ2) is 7.88. The Morgan fingerprint density at radius 3 is 2.68 bits per heavy atom. The van der Waals surface area contributed by atoms with Gasteiger partial charge >= 0.3 is 0 Å². The van der Waals surface area contributed by atoms with Crippen molar-refractivity contribution < 1.29 is 14.1 Å². The number of non-ortho nitro benzene ring substituents is 1. The lowest BCUT2D eigenvalue weighted by Gasteiger charge is -2.07. The van der Waals surface area contributed by atoms with Gasteiger partial charge < -0.3 is 5.32 Å². The van der Waals surface area contributed by atoms with E-state index in [0.29, 0.717) is 0 Å². The van der Waals surface area contributed by atoms with Crippen molar-refractivity contribution in [1.82, 2.24) is 0 Å². The van der Waals surface area contributed by atoms with Crippen LogP contribution in [-0.4, -0.2) is 10.8 Å². The second-order valence-corrected chi connectivity index (χ2v) is 5.94. The third-order valence-electron chi connectivity index (χ3n) is 3.07. The maximum atomic E-state index is 13.8. The van der Waals surface area contributed by atoms with Crippen molar-refractivity contribution in [3.8, 4) is 6.07 Å². The predicted octanol–water partition coefficient (Wildman–Crippen LogP) is 4.70. The molecule has 0 saturated heterocycles. The van der Waals surface area contributed by atoms with Crippen LogP contribution in [0.1, 0.15) is 5.56 Å². The number of nitro benzene ring substituents is 1. The van der Waals surface area contributed by atoms with Gasteiger partial charge in [-0.15, -0.1) is 0 Å². The average Bonchev–Trinajstić information content (AvgIpc) is 2.56. The Bertz CT molecular complexity index is 920. The van der Waals surface area contributed by atoms with Gasteiger partial charge in [-0.3, -0.25) is 14.9 Å². The van der Waals surface area contributed by atoms with E-state index in [1.165, 1.54) is 30.3 Å². The monoisotopic (exact) mass is 423 g/mol. The van der Waals surface area contributed by atoms with Gasteiger partial charge in [0.1, 0.15) is 17.5 Å². The first-order valence-corrected chi connectivity index (χ1v) is 7.81. The fourth-order valence-corrected chi connectivity index (χ4v) is 2.53. The Morgan fingerprint density at radius 1 is 1.40 bits per heavy atom. The summed E-state index contributed by atoms with van der Waals surface area (Å²) in [5.74, 6) is -1.49. The van der Waals surface area contributed by atoms with Crippen LogP contribution in [0.4, 0.5) is 15.8 Å². The first-order valence-electron chi connectivity index (χ1n) is 6.64. The molecule has 0 aliphatic heterocycles. The fraction of sp³-hybridized carbons (Fsp3) is 0. The first kappa shape index (κ1) is 18.6. The lowest BCUT2D eigenvalue weighted by atomic mass is 10.1. The third kappa shape index (κ3) is 4.41. The fourth-order valence-electron chi connectivity index (χ4n) is 1.85. The van der Waals surface area contributed by atoms with Crippen molar-refractivity contribution >= 4 is 50.9 Å². The number of carbonyl (C=O) groups excluding carboxylic acids is 1. The summed E-state index contributed by atoms with van der Waals surface area (Å²) in [6, 6.07) is 9.37. The molecule has 1 N–H and O–H groups in total. The predicted molar refractivity (Wildman–Crippen MR) is 94.4 cm³/mol. The van der Waals surface area contributed by atoms with E-state index in [0.717, 1.165) is 12.1 Å². The minimum Gasteiger partial charge on any atom is -0.320 e. The number of benzene rings is 2. The van der Waals surface area contributed by atoms with Crippen molar-refractivity contribution in [2.45, 2.75) is 0 Å². The summed E-state index contributed by atoms with van der Waals surface area (Å²) in [5, 5.41) is 22.3. The van der Waals surface area contributed by atoms with E-state index >= 15 is 0 Å². The lowest BCUT2D eigenvalue weighted by Crippen LogP contribution is -2.14. The van der Waals surface area contributed by atoms with E-state index in [1.807, 2.05) is 0 Å². The van der Waals surface area contributed by atoms with Crippen molar-refractivity contribution in [1.29, 1.82) is 5.26 Å². The molecule has 0 fully saturated rings. The van der Waals surface area contributed by atoms with Crippen molar-refractivity contribution in [2.75, 3.05) is 5.32 Å². The van der Waals surface area contributed by atoms with Crippen LogP contribution in [0.5, 0.6) is 0 Å². The number of nitriles is 1. The van der Waals surface area contributed by atoms with Gasteiger partial charge in [0, 0.05) is 22.2 Å². The van der Waals surface area contributed by atoms with Crippen LogP contribution in [0.25, 0.3) is 6.08 Å². The highest BCUT2D eigenvalue weighted by molar-refractivity contribution is 9.10. The Labute approximate surface area is 154 Å². The molecule has 0 saturated carbocycles. The van der Waals surface area contributed by atoms with Crippen LogP contribution in [-0.2, 0) is 4.79 Å². The number of carbonyl (C=O) groups is 1. The third-order valence-corrected chi connectivity index (χ3v) is 4.05. The van der Waals surface area contributed by atoms with Crippen LogP contribution < -0.4 is 5.32 Å². The number of hydrogen-bond donors (Lipinski definition) is 1. The highest BCUT2D eigenvalue weighted by Gasteiger charge is 2.15. The largest absolute Gasteiger partial charge is 0.320 e. The van der Waals surface area contributed by atoms with Crippen LogP contribution in [0.3, 0.4) is 0 Å². The minimum absolute atomic E-state index is 0.0528. The minimum atomic E-state index is -0.809. The summed E-state index contributed by atoms with van der Waals surface area (Å²) >= 11 is 8.97. The van der Waals surface area contributed by atoms with Crippen molar-refractivity contribution in [2.24, 2.45) is 0 Å². The maximum Gasteiger partial charge on any atom is 0.270 e. The number of halogens is 3. The Kier molecular flexibility index (Phi) is 5.85. The van der Waals surface area contributed by atoms with E-state index in [4.69, 9.17) is 16.9 Å². The molecule has 0 atom stereocenters. The molecule has 0 spiro atoms. The van der Waals surface area contributed by atoms with Crippen LogP contribution in [0.2, 0.25) is 5.02 Å². The summed E-state index contributed by atoms with van der Waals surface area (Å²) in [6.07, 6.45) is 1.03. The van der Waals surface area contributed by atoms with Gasteiger partial charge in [0.25, 0.3) is 11.6 Å². The molecule has 6 nitrogen and oxygen atoms in total. The van der Waals surface area contributed by atoms with Gasteiger partial charge in [0.2, 0.25) is 0 Å². The van der Waals surface area contributed by atoms with Gasteiger partial charge in [-0.25, -0.2) is 4.39 Å². The van der Waals surface area contributed by atoms with E-state index in [1.54, 1.807) is 6.07 Å². The Balaban J connectivity index is 2.31. The molecule has 0 aromatic heterocycles. The van der Waals surface area contributed by atoms with E-state index in [-0.39, 0.29) is 32.0 Å². The van der Waals surface area contributed by atoms with Gasteiger partial charge in [-0.1, -0.05) is 17.7 Å². The molecule has 2 rings (SSSR count). The molecule has 2 aromatic carbocycles. The van der Waals surface area contributed by atoms with Crippen molar-refractivity contribution in [3.63, 3.8) is 0 Å². The Morgan fingerprint density at radius 2 is 2.12 bits per heavy atom. The number of amides is 1. The van der Waals surface area contributed by atoms with Crippen LogP contribution >= 0.6 is 27.5 Å². The molecular weight excluding hydrogens is 417 g/mol. The Hall–Kier alpha value is -2.76. The van der Waals surface area contributed by atoms with Gasteiger partial charge in [-0.2, -0.15) is 5.26 Å². The zero-order chi connectivity index (χ0) is 18.6. The molecule has 0 radical (unpaired) electrons. The first-order chi connectivity index (χ1) is 11.8. The molecule has 0 unspecified atom stereocenters. The van der Waals surface area contributed by atoms with Crippen molar-refractivity contribution in [3.05, 3.63) is 73.0 Å². The number of rotatable bonds is 4. The average molecular weight is 425 g/mol. The summed E-state index contributed by atoms with van der Waals surface area (Å²) < 4.78 is 14.0. The maximum absolute atomic E-state index is 13.8. The lowest BCUT2D eigenvalue weighted by molar-refractivity contribution is -0.384. The summed E-state index contributed by atoms with van der Waals surface area (Å²) in [5.41, 5.74) is -0.411. The zero-order valence-electron chi connectivity index (χ0n) is 12.3. The SMILES string of the molecule is N#C/C(=C\c1c(F)cccc1Cl)C(=O)Nc1ccc([N+](=O)[O-])cc1Br. The molecule has 1 amide bonds. The quantitative estimate of drug-likeness (QED) is 0.333. The summed E-state index contributed by atoms with van der Waals surface area (Å²) in [4.78, 5) is 22.3. The molecule has 25 heavy (non-hydrogen) atoms. The molecular formula is C16H8BrClFN3O3. The van der Waals surface area contributed by atoms with Gasteiger partial charge in [0.15, 0.2) is 0 Å². The van der Waals surface area contributed by atoms with E-state index in [9.17, 15) is 19.3 Å². The number of nitrogens with one attached hydrogen (secondary N) is 1. The molecule has 0 aliphatic rings. The van der Waals surface area contributed by atoms with Gasteiger partial charge in [0.05, 0.1) is 15.6 Å². The van der Waals surface area contributed by atoms with E-state index < -0.39 is 16.6 Å². The molecule has 0 bridgehead atoms. The molecule has 2 aromatic rings. The van der Waals surface area contributed by atoms with E-state index in [2.05, 4.69) is 21.2 Å². The molecule has 9 heteroatoms. The zero-order valence-corrected chi connectivity index (χ0v) is 14.6. The molecule has 126 valence electrons. The topological polar surface area (TPSA) is 96.0 Å². The van der Waals surface area contributed by atoms with Crippen LogP contribution in [0, 0.1) is 27.3 Å². The normalized spacial score (nSPS) is 10.9. The number of anilines is 1. The number of nitrogens with zero attached hydrogens (tertiary/aromatic N) is 2. The highest BCUT2D eigenvalue weighted by atomic mass is 79.9. The number of nitro groups is 1. The smallest absolute Gasteiger partial charge is 0.270 e. The summed E-state index contributed by atoms with van der Waals surface area (Å²) in [7, 11) is 0. The standard InChI is InChI=1S/C16H8BrClFN3O3/c17-12-7-10(22(24)25)4-5-15(12)21-16(23)9(8-20)6-11-13(18)2-1-3-14(11)19/h1-7H,(H,21,23)/b9-6+. The highest BCUT2D eigenvalue weighted by Crippen LogP contribution is 2.28. The second-order valence-electron chi connectivity index (χ2n) is 4.68. The number of hydrogen-bond acceptors (Lipinski definition) is 4. The molecule has 0 aliphatic carbocycles. The van der Waals surface area contributed by atoms with Crippen LogP contribution in [0.15, 0.2) is 46.4 Å². The van der Waals surface area contributed by atoms with Gasteiger partial charge in [-0.05, 0) is 40.2 Å².